The first-order valence-electron chi connectivity index (χ1n) is 6.13. The highest BCUT2D eigenvalue weighted by atomic mass is 79.9. The minimum absolute atomic E-state index is 0.174. The topological polar surface area (TPSA) is 46.2 Å². The molecule has 0 bridgehead atoms. The highest BCUT2D eigenvalue weighted by molar-refractivity contribution is 9.10. The van der Waals surface area contributed by atoms with E-state index in [1.807, 2.05) is 0 Å². The lowest BCUT2D eigenvalue weighted by Gasteiger charge is -2.47. The van der Waals surface area contributed by atoms with Gasteiger partial charge < -0.3 is 5.32 Å². The Morgan fingerprint density at radius 1 is 1.50 bits per heavy atom. The van der Waals surface area contributed by atoms with Crippen molar-refractivity contribution in [1.29, 1.82) is 0 Å². The highest BCUT2D eigenvalue weighted by Crippen LogP contribution is 2.43. The molecule has 2 saturated heterocycles. The van der Waals surface area contributed by atoms with Crippen LogP contribution in [0.5, 0.6) is 0 Å². The Hall–Kier alpha value is 0.0900. The second kappa shape index (κ2) is 4.58. The second-order valence-corrected chi connectivity index (χ2v) is 9.61. The van der Waals surface area contributed by atoms with Crippen molar-refractivity contribution in [2.75, 3.05) is 24.6 Å². The minimum Gasteiger partial charge on any atom is -0.315 e. The molecule has 100 valence electrons. The standard InChI is InChI=1S/C12H16BrNO2S2/c13-10-3-11(17-5-10)4-12(7-14-8-12)9-1-2-18(15,16)6-9/h3,5,9,14H,1-2,4,6-8H2. The van der Waals surface area contributed by atoms with Crippen LogP contribution in [0.1, 0.15) is 11.3 Å². The Kier molecular flexibility index (Phi) is 3.33. The van der Waals surface area contributed by atoms with Gasteiger partial charge in [-0.05, 0) is 40.8 Å². The van der Waals surface area contributed by atoms with Crippen LogP contribution in [0.3, 0.4) is 0 Å². The minimum atomic E-state index is -2.78. The summed E-state index contributed by atoms with van der Waals surface area (Å²) in [4.78, 5) is 1.35. The molecule has 0 radical (unpaired) electrons. The first-order chi connectivity index (χ1) is 8.49. The van der Waals surface area contributed by atoms with Crippen molar-refractivity contribution in [2.45, 2.75) is 12.8 Å². The summed E-state index contributed by atoms with van der Waals surface area (Å²) in [5.74, 6) is 1.11. The van der Waals surface area contributed by atoms with Gasteiger partial charge in [-0.1, -0.05) is 0 Å². The van der Waals surface area contributed by atoms with E-state index >= 15 is 0 Å². The van der Waals surface area contributed by atoms with E-state index in [0.717, 1.165) is 30.4 Å². The van der Waals surface area contributed by atoms with Crippen LogP contribution in [0, 0.1) is 11.3 Å². The zero-order chi connectivity index (χ0) is 12.8. The van der Waals surface area contributed by atoms with Crippen molar-refractivity contribution in [1.82, 2.24) is 5.32 Å². The fourth-order valence-electron chi connectivity index (χ4n) is 3.08. The Morgan fingerprint density at radius 3 is 2.72 bits per heavy atom. The maximum atomic E-state index is 11.7. The molecule has 1 unspecified atom stereocenters. The average molecular weight is 350 g/mol. The van der Waals surface area contributed by atoms with Gasteiger partial charge in [0.25, 0.3) is 0 Å². The number of hydrogen-bond acceptors (Lipinski definition) is 4. The van der Waals surface area contributed by atoms with Crippen molar-refractivity contribution in [3.63, 3.8) is 0 Å². The number of halogens is 1. The summed E-state index contributed by atoms with van der Waals surface area (Å²) in [5, 5.41) is 5.43. The van der Waals surface area contributed by atoms with E-state index in [1.54, 1.807) is 11.3 Å². The van der Waals surface area contributed by atoms with E-state index in [9.17, 15) is 8.42 Å². The summed E-state index contributed by atoms with van der Waals surface area (Å²) in [6.45, 7) is 1.92. The Bertz CT molecular complexity index is 548. The van der Waals surface area contributed by atoms with Crippen LogP contribution in [0.25, 0.3) is 0 Å². The largest absolute Gasteiger partial charge is 0.315 e. The van der Waals surface area contributed by atoms with Crippen LogP contribution < -0.4 is 5.32 Å². The van der Waals surface area contributed by atoms with Gasteiger partial charge in [0.05, 0.1) is 11.5 Å². The number of hydrogen-bond donors (Lipinski definition) is 1. The maximum Gasteiger partial charge on any atom is 0.150 e. The average Bonchev–Trinajstić information content (AvgIpc) is 2.79. The molecular weight excluding hydrogens is 334 g/mol. The third kappa shape index (κ3) is 2.40. The van der Waals surface area contributed by atoms with E-state index in [2.05, 4.69) is 32.7 Å². The van der Waals surface area contributed by atoms with Crippen LogP contribution in [0.4, 0.5) is 0 Å². The van der Waals surface area contributed by atoms with Crippen LogP contribution >= 0.6 is 27.3 Å². The maximum absolute atomic E-state index is 11.7. The van der Waals surface area contributed by atoms with Crippen molar-refractivity contribution >= 4 is 37.1 Å². The van der Waals surface area contributed by atoms with Crippen molar-refractivity contribution in [3.8, 4) is 0 Å². The summed E-state index contributed by atoms with van der Waals surface area (Å²) in [6, 6.07) is 2.16. The lowest BCUT2D eigenvalue weighted by Crippen LogP contribution is -2.59. The Labute approximate surface area is 120 Å². The summed E-state index contributed by atoms with van der Waals surface area (Å²) >= 11 is 5.24. The van der Waals surface area contributed by atoms with E-state index in [0.29, 0.717) is 17.4 Å². The van der Waals surface area contributed by atoms with Crippen molar-refractivity contribution in [2.24, 2.45) is 11.3 Å². The number of rotatable bonds is 3. The first kappa shape index (κ1) is 13.1. The predicted molar refractivity (Wildman–Crippen MR) is 77.8 cm³/mol. The zero-order valence-corrected chi connectivity index (χ0v) is 13.2. The van der Waals surface area contributed by atoms with Crippen LogP contribution in [-0.4, -0.2) is 33.0 Å². The fraction of sp³-hybridized carbons (Fsp3) is 0.667. The lowest BCUT2D eigenvalue weighted by atomic mass is 9.68. The van der Waals surface area contributed by atoms with Gasteiger partial charge in [-0.15, -0.1) is 11.3 Å². The molecule has 2 aliphatic rings. The van der Waals surface area contributed by atoms with Crippen molar-refractivity contribution in [3.05, 3.63) is 20.8 Å². The highest BCUT2D eigenvalue weighted by Gasteiger charge is 2.48. The number of thiophene rings is 1. The molecule has 0 aromatic carbocycles. The molecule has 0 amide bonds. The molecule has 18 heavy (non-hydrogen) atoms. The van der Waals surface area contributed by atoms with Gasteiger partial charge in [-0.2, -0.15) is 0 Å². The molecule has 3 heterocycles. The summed E-state index contributed by atoms with van der Waals surface area (Å²) in [6.07, 6.45) is 1.85. The molecule has 6 heteroatoms. The monoisotopic (exact) mass is 349 g/mol. The quantitative estimate of drug-likeness (QED) is 0.908. The third-order valence-electron chi connectivity index (χ3n) is 4.20. The number of nitrogens with one attached hydrogen (secondary N) is 1. The molecule has 1 atom stereocenters. The van der Waals surface area contributed by atoms with Crippen molar-refractivity contribution < 1.29 is 8.42 Å². The Morgan fingerprint density at radius 2 is 2.28 bits per heavy atom. The van der Waals surface area contributed by atoms with Crippen LogP contribution in [0.15, 0.2) is 15.9 Å². The lowest BCUT2D eigenvalue weighted by molar-refractivity contribution is 0.0935. The van der Waals surface area contributed by atoms with Gasteiger partial charge >= 0.3 is 0 Å². The summed E-state index contributed by atoms with van der Waals surface area (Å²) in [7, 11) is -2.78. The van der Waals surface area contributed by atoms with E-state index in [-0.39, 0.29) is 5.41 Å². The smallest absolute Gasteiger partial charge is 0.150 e. The molecule has 3 rings (SSSR count). The molecule has 1 N–H and O–H groups in total. The van der Waals surface area contributed by atoms with E-state index in [4.69, 9.17) is 0 Å². The first-order valence-corrected chi connectivity index (χ1v) is 9.63. The van der Waals surface area contributed by atoms with Gasteiger partial charge in [0.2, 0.25) is 0 Å². The molecule has 2 aliphatic heterocycles. The third-order valence-corrected chi connectivity index (χ3v) is 7.67. The fourth-order valence-corrected chi connectivity index (χ4v) is 6.63. The summed E-state index contributed by atoms with van der Waals surface area (Å²) in [5.41, 5.74) is 0.174. The molecule has 1 aromatic rings. The molecule has 0 aliphatic carbocycles. The van der Waals surface area contributed by atoms with Crippen LogP contribution in [0.2, 0.25) is 0 Å². The van der Waals surface area contributed by atoms with Gasteiger partial charge in [0, 0.05) is 33.2 Å². The molecule has 0 saturated carbocycles. The van der Waals surface area contributed by atoms with Gasteiger partial charge in [0.1, 0.15) is 0 Å². The second-order valence-electron chi connectivity index (χ2n) is 5.47. The van der Waals surface area contributed by atoms with Gasteiger partial charge in [-0.3, -0.25) is 0 Å². The van der Waals surface area contributed by atoms with E-state index in [1.165, 1.54) is 4.88 Å². The molecule has 3 nitrogen and oxygen atoms in total. The zero-order valence-electron chi connectivity index (χ0n) is 9.99. The van der Waals surface area contributed by atoms with Gasteiger partial charge in [0.15, 0.2) is 9.84 Å². The normalized spacial score (nSPS) is 29.1. The Balaban J connectivity index is 1.78. The SMILES string of the molecule is O=S1(=O)CCC(C2(Cc3cc(Br)cs3)CNC2)C1. The van der Waals surface area contributed by atoms with Gasteiger partial charge in [-0.25, -0.2) is 8.42 Å². The molecule has 1 aromatic heterocycles. The predicted octanol–water partition coefficient (Wildman–Crippen LogP) is 2.08. The number of sulfone groups is 1. The van der Waals surface area contributed by atoms with E-state index < -0.39 is 9.84 Å². The molecule has 2 fully saturated rings. The molecule has 0 spiro atoms. The summed E-state index contributed by atoms with van der Waals surface area (Å²) < 4.78 is 24.4. The molecular formula is C12H16BrNO2S2. The van der Waals surface area contributed by atoms with Crippen LogP contribution in [-0.2, 0) is 16.3 Å².